The van der Waals surface area contributed by atoms with Crippen LogP contribution in [0.2, 0.25) is 5.02 Å². The molecule has 1 aromatic heterocycles. The number of aromatic nitrogens is 2. The molecule has 10 heteroatoms. The third-order valence-electron chi connectivity index (χ3n) is 3.66. The van der Waals surface area contributed by atoms with Crippen LogP contribution >= 0.6 is 27.5 Å². The van der Waals surface area contributed by atoms with Crippen LogP contribution in [-0.4, -0.2) is 33.1 Å². The van der Waals surface area contributed by atoms with E-state index in [2.05, 4.69) is 21.2 Å². The second-order valence-corrected chi connectivity index (χ2v) is 6.58. The summed E-state index contributed by atoms with van der Waals surface area (Å²) in [4.78, 5) is 12.5. The molecular formula is C14H12BrClF3N3O2. The highest BCUT2D eigenvalue weighted by Gasteiger charge is 2.40. The van der Waals surface area contributed by atoms with Gasteiger partial charge < -0.3 is 5.11 Å². The van der Waals surface area contributed by atoms with E-state index in [1.54, 1.807) is 24.3 Å². The quantitative estimate of drug-likeness (QED) is 0.739. The van der Waals surface area contributed by atoms with Crippen molar-refractivity contribution in [1.29, 1.82) is 0 Å². The highest BCUT2D eigenvalue weighted by atomic mass is 79.9. The average Bonchev–Trinajstić information content (AvgIpc) is 3.28. The zero-order valence-electron chi connectivity index (χ0n) is 12.0. The van der Waals surface area contributed by atoms with Crippen molar-refractivity contribution in [3.05, 3.63) is 44.4 Å². The van der Waals surface area contributed by atoms with Gasteiger partial charge in [0.25, 0.3) is 0 Å². The summed E-state index contributed by atoms with van der Waals surface area (Å²) in [6.45, 7) is -0.344. The summed E-state index contributed by atoms with van der Waals surface area (Å²) in [7, 11) is 0. The number of aliphatic hydroxyl groups is 1. The van der Waals surface area contributed by atoms with Crippen LogP contribution in [0, 0.1) is 0 Å². The van der Waals surface area contributed by atoms with Gasteiger partial charge in [-0.25, -0.2) is 4.79 Å². The van der Waals surface area contributed by atoms with Gasteiger partial charge in [0.05, 0.1) is 12.2 Å². The molecule has 1 aromatic carbocycles. The second-order valence-electron chi connectivity index (χ2n) is 5.39. The van der Waals surface area contributed by atoms with Crippen LogP contribution in [0.4, 0.5) is 13.2 Å². The molecule has 0 aliphatic carbocycles. The van der Waals surface area contributed by atoms with Crippen LogP contribution < -0.4 is 11.0 Å². The average molecular weight is 427 g/mol. The third-order valence-corrected chi connectivity index (χ3v) is 4.67. The lowest BCUT2D eigenvalue weighted by Crippen LogP contribution is -2.37. The Kier molecular flexibility index (Phi) is 4.54. The SMILES string of the molecule is O=c1n(CC(O)C(F)(F)F)c(-c2ccc(Cl)cc2)c(Br)n1C1CN1. The molecule has 0 radical (unpaired) electrons. The number of alkyl halides is 3. The maximum Gasteiger partial charge on any atom is 0.416 e. The van der Waals surface area contributed by atoms with Crippen LogP contribution in [0.3, 0.4) is 0 Å². The first-order chi connectivity index (χ1) is 11.2. The number of aliphatic hydroxyl groups excluding tert-OH is 1. The van der Waals surface area contributed by atoms with Gasteiger partial charge in [-0.05, 0) is 28.1 Å². The molecule has 1 aliphatic rings. The predicted molar refractivity (Wildman–Crippen MR) is 85.9 cm³/mol. The number of rotatable bonds is 4. The van der Waals surface area contributed by atoms with E-state index in [-0.39, 0.29) is 11.9 Å². The monoisotopic (exact) mass is 425 g/mol. The van der Waals surface area contributed by atoms with Gasteiger partial charge in [0.15, 0.2) is 6.10 Å². The van der Waals surface area contributed by atoms with Crippen LogP contribution in [0.5, 0.6) is 0 Å². The molecule has 0 amide bonds. The lowest BCUT2D eigenvalue weighted by Gasteiger charge is -2.16. The zero-order chi connectivity index (χ0) is 17.6. The summed E-state index contributed by atoms with van der Waals surface area (Å²) in [5.74, 6) is 0. The van der Waals surface area contributed by atoms with Gasteiger partial charge >= 0.3 is 11.9 Å². The number of nitrogens with one attached hydrogen (secondary N) is 1. The maximum atomic E-state index is 12.7. The minimum atomic E-state index is -4.82. The zero-order valence-corrected chi connectivity index (χ0v) is 14.4. The number of halogens is 5. The summed E-state index contributed by atoms with van der Waals surface area (Å²) in [6, 6.07) is 6.35. The van der Waals surface area contributed by atoms with E-state index in [0.717, 1.165) is 4.57 Å². The number of hydrogen-bond acceptors (Lipinski definition) is 3. The predicted octanol–water partition coefficient (Wildman–Crippen LogP) is 2.76. The Morgan fingerprint density at radius 3 is 2.46 bits per heavy atom. The molecule has 2 heterocycles. The molecule has 0 spiro atoms. The van der Waals surface area contributed by atoms with Gasteiger partial charge in [-0.1, -0.05) is 23.7 Å². The molecule has 2 N–H and O–H groups in total. The van der Waals surface area contributed by atoms with E-state index in [1.165, 1.54) is 4.57 Å². The first kappa shape index (κ1) is 17.5. The summed E-state index contributed by atoms with van der Waals surface area (Å²) in [6.07, 6.45) is -7.73. The van der Waals surface area contributed by atoms with Crippen molar-refractivity contribution in [2.24, 2.45) is 0 Å². The molecule has 0 saturated carbocycles. The van der Waals surface area contributed by atoms with Gasteiger partial charge in [-0.2, -0.15) is 13.2 Å². The Morgan fingerprint density at radius 1 is 1.38 bits per heavy atom. The van der Waals surface area contributed by atoms with Crippen molar-refractivity contribution >= 4 is 27.5 Å². The highest BCUT2D eigenvalue weighted by Crippen LogP contribution is 2.32. The first-order valence-electron chi connectivity index (χ1n) is 6.94. The van der Waals surface area contributed by atoms with E-state index < -0.39 is 24.5 Å². The number of hydrogen-bond donors (Lipinski definition) is 2. The molecule has 1 saturated heterocycles. The lowest BCUT2D eigenvalue weighted by atomic mass is 10.1. The summed E-state index contributed by atoms with van der Waals surface area (Å²) >= 11 is 9.13. The minimum absolute atomic E-state index is 0.258. The Hall–Kier alpha value is -1.29. The fourth-order valence-electron chi connectivity index (χ4n) is 2.37. The van der Waals surface area contributed by atoms with Crippen molar-refractivity contribution in [2.45, 2.75) is 25.0 Å². The van der Waals surface area contributed by atoms with Gasteiger partial charge in [0.1, 0.15) is 10.8 Å². The molecule has 1 fully saturated rings. The van der Waals surface area contributed by atoms with Crippen LogP contribution in [-0.2, 0) is 6.54 Å². The molecule has 2 aromatic rings. The van der Waals surface area contributed by atoms with Crippen molar-refractivity contribution in [3.63, 3.8) is 0 Å². The maximum absolute atomic E-state index is 12.7. The molecule has 2 atom stereocenters. The normalized spacial score (nSPS) is 18.7. The van der Waals surface area contributed by atoms with E-state index in [0.29, 0.717) is 21.7 Å². The molecule has 24 heavy (non-hydrogen) atoms. The molecule has 0 bridgehead atoms. The van der Waals surface area contributed by atoms with Crippen LogP contribution in [0.1, 0.15) is 6.17 Å². The van der Waals surface area contributed by atoms with Crippen molar-refractivity contribution in [2.75, 3.05) is 6.54 Å². The fraction of sp³-hybridized carbons (Fsp3) is 0.357. The molecular weight excluding hydrogens is 415 g/mol. The van der Waals surface area contributed by atoms with E-state index in [9.17, 15) is 23.1 Å². The second kappa shape index (κ2) is 6.21. The highest BCUT2D eigenvalue weighted by molar-refractivity contribution is 9.10. The Labute approximate surface area is 147 Å². The standard InChI is InChI=1S/C14H12BrClF3N3O2/c15-12-11(7-1-3-8(16)4-2-7)21(6-9(23)14(17,18)19)13(24)22(12)10-5-20-10/h1-4,9-10,20,23H,5-6H2. The fourth-order valence-corrected chi connectivity index (χ4v) is 3.34. The Balaban J connectivity index is 2.13. The topological polar surface area (TPSA) is 69.1 Å². The third kappa shape index (κ3) is 3.26. The number of benzene rings is 1. The van der Waals surface area contributed by atoms with Crippen molar-refractivity contribution in [3.8, 4) is 11.3 Å². The van der Waals surface area contributed by atoms with Gasteiger partial charge in [0, 0.05) is 17.1 Å². The summed E-state index contributed by atoms with van der Waals surface area (Å²) in [5, 5.41) is 12.8. The van der Waals surface area contributed by atoms with E-state index >= 15 is 0 Å². The van der Waals surface area contributed by atoms with Gasteiger partial charge in [-0.15, -0.1) is 0 Å². The van der Waals surface area contributed by atoms with Crippen LogP contribution in [0.25, 0.3) is 11.3 Å². The largest absolute Gasteiger partial charge is 0.416 e. The molecule has 1 aliphatic heterocycles. The van der Waals surface area contributed by atoms with Gasteiger partial charge in [-0.3, -0.25) is 14.5 Å². The van der Waals surface area contributed by atoms with Crippen molar-refractivity contribution in [1.82, 2.24) is 14.5 Å². The molecule has 2 unspecified atom stereocenters. The lowest BCUT2D eigenvalue weighted by molar-refractivity contribution is -0.207. The number of imidazole rings is 1. The van der Waals surface area contributed by atoms with Crippen LogP contribution in [0.15, 0.2) is 33.7 Å². The first-order valence-corrected chi connectivity index (χ1v) is 8.12. The molecule has 5 nitrogen and oxygen atoms in total. The van der Waals surface area contributed by atoms with Gasteiger partial charge in [0.2, 0.25) is 0 Å². The van der Waals surface area contributed by atoms with E-state index in [1.807, 2.05) is 0 Å². The molecule has 130 valence electrons. The summed E-state index contributed by atoms with van der Waals surface area (Å²) in [5.41, 5.74) is 0.135. The number of nitrogens with zero attached hydrogens (tertiary/aromatic N) is 2. The van der Waals surface area contributed by atoms with Crippen molar-refractivity contribution < 1.29 is 18.3 Å². The molecule has 3 rings (SSSR count). The summed E-state index contributed by atoms with van der Waals surface area (Å²) < 4.78 is 40.7. The Morgan fingerprint density at radius 2 is 1.96 bits per heavy atom. The Bertz CT molecular complexity index is 812. The van der Waals surface area contributed by atoms with E-state index in [4.69, 9.17) is 11.6 Å². The minimum Gasteiger partial charge on any atom is -0.382 e. The smallest absolute Gasteiger partial charge is 0.382 e.